The fourth-order valence-corrected chi connectivity index (χ4v) is 2.87. The lowest BCUT2D eigenvalue weighted by molar-refractivity contribution is 0.0693. The summed E-state index contributed by atoms with van der Waals surface area (Å²) in [5.74, 6) is 0.455. The van der Waals surface area contributed by atoms with E-state index in [4.69, 9.17) is 4.74 Å². The molecule has 3 heterocycles. The number of carbonyl (C=O) groups is 1. The number of carboxylic acids is 1. The van der Waals surface area contributed by atoms with Gasteiger partial charge in [-0.3, -0.25) is 4.40 Å². The predicted molar refractivity (Wildman–Crippen MR) is 78.0 cm³/mol. The molecular weight excluding hydrogens is 270 g/mol. The molecule has 2 aromatic heterocycles. The number of aromatic nitrogens is 2. The molecule has 0 radical (unpaired) electrons. The predicted octanol–water partition coefficient (Wildman–Crippen LogP) is 1.73. The molecule has 1 aliphatic rings. The molecule has 0 amide bonds. The summed E-state index contributed by atoms with van der Waals surface area (Å²) in [6.07, 6.45) is 6.03. The van der Waals surface area contributed by atoms with Gasteiger partial charge >= 0.3 is 5.97 Å². The minimum absolute atomic E-state index is 0.100. The number of nitrogens with one attached hydrogen (secondary N) is 1. The van der Waals surface area contributed by atoms with Crippen molar-refractivity contribution in [3.8, 4) is 5.75 Å². The van der Waals surface area contributed by atoms with E-state index in [1.165, 1.54) is 12.8 Å². The number of piperidine rings is 1. The molecule has 0 bridgehead atoms. The van der Waals surface area contributed by atoms with Crippen LogP contribution in [0.3, 0.4) is 0 Å². The molecule has 21 heavy (non-hydrogen) atoms. The van der Waals surface area contributed by atoms with Gasteiger partial charge in [0, 0.05) is 12.5 Å². The second-order valence-corrected chi connectivity index (χ2v) is 5.36. The van der Waals surface area contributed by atoms with E-state index in [-0.39, 0.29) is 5.69 Å². The fraction of sp³-hybridized carbons (Fsp3) is 0.467. The number of imidazole rings is 1. The van der Waals surface area contributed by atoms with Gasteiger partial charge in [0.05, 0.1) is 18.8 Å². The number of aromatic carboxylic acids is 1. The van der Waals surface area contributed by atoms with Crippen LogP contribution in [0.4, 0.5) is 0 Å². The molecule has 6 nitrogen and oxygen atoms in total. The van der Waals surface area contributed by atoms with Gasteiger partial charge in [0.2, 0.25) is 0 Å². The van der Waals surface area contributed by atoms with Crippen molar-refractivity contribution in [3.63, 3.8) is 0 Å². The largest absolute Gasteiger partial charge is 0.495 e. The average molecular weight is 289 g/mol. The van der Waals surface area contributed by atoms with Gasteiger partial charge < -0.3 is 15.2 Å². The number of carboxylic acid groups (broad SMARTS) is 1. The van der Waals surface area contributed by atoms with Gasteiger partial charge in [-0.2, -0.15) is 0 Å². The summed E-state index contributed by atoms with van der Waals surface area (Å²) < 4.78 is 7.06. The highest BCUT2D eigenvalue weighted by molar-refractivity contribution is 5.93. The Morgan fingerprint density at radius 1 is 1.52 bits per heavy atom. The first-order valence-electron chi connectivity index (χ1n) is 7.20. The lowest BCUT2D eigenvalue weighted by Gasteiger charge is -2.22. The molecule has 1 atom stereocenters. The normalized spacial score (nSPS) is 18.8. The third-order valence-corrected chi connectivity index (χ3v) is 3.96. The molecule has 112 valence electrons. The molecule has 1 fully saturated rings. The Kier molecular flexibility index (Phi) is 3.79. The number of hydrogen-bond donors (Lipinski definition) is 2. The second kappa shape index (κ2) is 5.73. The quantitative estimate of drug-likeness (QED) is 0.896. The van der Waals surface area contributed by atoms with Crippen LogP contribution >= 0.6 is 0 Å². The highest BCUT2D eigenvalue weighted by atomic mass is 16.5. The van der Waals surface area contributed by atoms with Crippen molar-refractivity contribution < 1.29 is 14.6 Å². The van der Waals surface area contributed by atoms with E-state index in [0.29, 0.717) is 17.3 Å². The first-order chi connectivity index (χ1) is 10.2. The maximum absolute atomic E-state index is 11.4. The second-order valence-electron chi connectivity index (χ2n) is 5.36. The van der Waals surface area contributed by atoms with Crippen molar-refractivity contribution in [2.45, 2.75) is 31.7 Å². The number of ether oxygens (including phenoxy) is 1. The van der Waals surface area contributed by atoms with Crippen LogP contribution < -0.4 is 10.1 Å². The van der Waals surface area contributed by atoms with E-state index in [0.717, 1.165) is 25.2 Å². The maximum Gasteiger partial charge on any atom is 0.356 e. The van der Waals surface area contributed by atoms with E-state index >= 15 is 0 Å². The number of fused-ring (bicyclic) bond motifs is 1. The molecule has 0 aliphatic carbocycles. The van der Waals surface area contributed by atoms with Crippen LogP contribution in [0.5, 0.6) is 5.75 Å². The summed E-state index contributed by atoms with van der Waals surface area (Å²) in [4.78, 5) is 15.7. The SMILES string of the molecule is COc1ccc2c(C(=O)O)nc(CC3CCCCN3)n2c1. The minimum Gasteiger partial charge on any atom is -0.495 e. The summed E-state index contributed by atoms with van der Waals surface area (Å²) in [7, 11) is 1.60. The Bertz CT molecular complexity index is 659. The summed E-state index contributed by atoms with van der Waals surface area (Å²) in [5, 5.41) is 12.8. The Morgan fingerprint density at radius 3 is 3.05 bits per heavy atom. The molecule has 1 saturated heterocycles. The van der Waals surface area contributed by atoms with Crippen molar-refractivity contribution in [2.24, 2.45) is 0 Å². The number of nitrogens with zero attached hydrogens (tertiary/aromatic N) is 2. The van der Waals surface area contributed by atoms with Crippen molar-refractivity contribution >= 4 is 11.5 Å². The van der Waals surface area contributed by atoms with E-state index in [1.807, 2.05) is 4.40 Å². The van der Waals surface area contributed by atoms with Crippen molar-refractivity contribution in [1.29, 1.82) is 0 Å². The zero-order valence-electron chi connectivity index (χ0n) is 12.0. The molecule has 1 aliphatic heterocycles. The first kappa shape index (κ1) is 13.9. The third-order valence-electron chi connectivity index (χ3n) is 3.96. The molecule has 0 aromatic carbocycles. The number of rotatable bonds is 4. The van der Waals surface area contributed by atoms with Gasteiger partial charge in [-0.05, 0) is 31.5 Å². The Balaban J connectivity index is 2.00. The molecule has 0 spiro atoms. The van der Waals surface area contributed by atoms with E-state index in [1.54, 1.807) is 25.4 Å². The van der Waals surface area contributed by atoms with Crippen molar-refractivity contribution in [3.05, 3.63) is 29.8 Å². The number of pyridine rings is 1. The summed E-state index contributed by atoms with van der Waals surface area (Å²) in [5.41, 5.74) is 0.706. The molecule has 1 unspecified atom stereocenters. The van der Waals surface area contributed by atoms with Crippen LogP contribution in [0.1, 0.15) is 35.6 Å². The van der Waals surface area contributed by atoms with Gasteiger partial charge in [-0.1, -0.05) is 6.42 Å². The summed E-state index contributed by atoms with van der Waals surface area (Å²) in [6.45, 7) is 1.02. The lowest BCUT2D eigenvalue weighted by Crippen LogP contribution is -2.36. The van der Waals surface area contributed by atoms with Gasteiger partial charge in [-0.25, -0.2) is 9.78 Å². The number of methoxy groups -OCH3 is 1. The fourth-order valence-electron chi connectivity index (χ4n) is 2.87. The average Bonchev–Trinajstić information content (AvgIpc) is 2.86. The van der Waals surface area contributed by atoms with E-state index < -0.39 is 5.97 Å². The zero-order valence-corrected chi connectivity index (χ0v) is 12.0. The van der Waals surface area contributed by atoms with Gasteiger partial charge in [0.15, 0.2) is 5.69 Å². The molecule has 2 aromatic rings. The third kappa shape index (κ3) is 2.71. The van der Waals surface area contributed by atoms with Crippen LogP contribution in [0.15, 0.2) is 18.3 Å². The Morgan fingerprint density at radius 2 is 2.38 bits per heavy atom. The minimum atomic E-state index is -1.000. The van der Waals surface area contributed by atoms with Crippen LogP contribution in [0.25, 0.3) is 5.52 Å². The molecule has 2 N–H and O–H groups in total. The standard InChI is InChI=1S/C15H19N3O3/c1-21-11-5-6-12-14(15(19)20)17-13(18(12)9-11)8-10-4-2-3-7-16-10/h5-6,9-10,16H,2-4,7-8H2,1H3,(H,19,20). The molecule has 3 rings (SSSR count). The highest BCUT2D eigenvalue weighted by Gasteiger charge is 2.20. The monoisotopic (exact) mass is 289 g/mol. The van der Waals surface area contributed by atoms with Crippen molar-refractivity contribution in [1.82, 2.24) is 14.7 Å². The lowest BCUT2D eigenvalue weighted by atomic mass is 10.0. The van der Waals surface area contributed by atoms with Crippen LogP contribution in [0, 0.1) is 0 Å². The van der Waals surface area contributed by atoms with Gasteiger partial charge in [0.1, 0.15) is 11.6 Å². The summed E-state index contributed by atoms with van der Waals surface area (Å²) in [6, 6.07) is 3.86. The van der Waals surface area contributed by atoms with Crippen LogP contribution in [0.2, 0.25) is 0 Å². The van der Waals surface area contributed by atoms with E-state index in [2.05, 4.69) is 10.3 Å². The summed E-state index contributed by atoms with van der Waals surface area (Å²) >= 11 is 0. The number of hydrogen-bond acceptors (Lipinski definition) is 4. The zero-order chi connectivity index (χ0) is 14.8. The van der Waals surface area contributed by atoms with Crippen LogP contribution in [-0.2, 0) is 6.42 Å². The smallest absolute Gasteiger partial charge is 0.356 e. The topological polar surface area (TPSA) is 75.9 Å². The molecular formula is C15H19N3O3. The van der Waals surface area contributed by atoms with Gasteiger partial charge in [-0.15, -0.1) is 0 Å². The van der Waals surface area contributed by atoms with Gasteiger partial charge in [0.25, 0.3) is 0 Å². The molecule has 6 heteroatoms. The van der Waals surface area contributed by atoms with E-state index in [9.17, 15) is 9.90 Å². The highest BCUT2D eigenvalue weighted by Crippen LogP contribution is 2.21. The Hall–Kier alpha value is -2.08. The van der Waals surface area contributed by atoms with Crippen LogP contribution in [-0.4, -0.2) is 40.2 Å². The maximum atomic E-state index is 11.4. The first-order valence-corrected chi connectivity index (χ1v) is 7.20. The van der Waals surface area contributed by atoms with Crippen molar-refractivity contribution in [2.75, 3.05) is 13.7 Å². The Labute approximate surface area is 122 Å². The molecule has 0 saturated carbocycles.